The van der Waals surface area contributed by atoms with Gasteiger partial charge in [0.05, 0.1) is 0 Å². The maximum Gasteiger partial charge on any atom is 0.229 e. The maximum absolute atomic E-state index is 11.5. The predicted molar refractivity (Wildman–Crippen MR) is 81.3 cm³/mol. The molecule has 2 amide bonds. The monoisotopic (exact) mass is 303 g/mol. The number of piperazine rings is 1. The van der Waals surface area contributed by atoms with Gasteiger partial charge in [-0.3, -0.25) is 19.4 Å². The maximum atomic E-state index is 11.5. The number of likely N-dealkylation sites (tertiary alicyclic amines) is 1. The first-order valence-corrected chi connectivity index (χ1v) is 7.80. The summed E-state index contributed by atoms with van der Waals surface area (Å²) >= 11 is 0. The van der Waals surface area contributed by atoms with Crippen LogP contribution in [0.4, 0.5) is 5.82 Å². The average molecular weight is 303 g/mol. The minimum absolute atomic E-state index is 0.0152. The summed E-state index contributed by atoms with van der Waals surface area (Å²) in [5.74, 6) is 0.945. The van der Waals surface area contributed by atoms with Gasteiger partial charge in [0.15, 0.2) is 0 Å². The highest BCUT2D eigenvalue weighted by molar-refractivity contribution is 6.01. The summed E-state index contributed by atoms with van der Waals surface area (Å²) in [5, 5.41) is 0. The molecule has 7 heteroatoms. The summed E-state index contributed by atoms with van der Waals surface area (Å²) in [7, 11) is 0. The molecule has 22 heavy (non-hydrogen) atoms. The van der Waals surface area contributed by atoms with Crippen LogP contribution in [0.2, 0.25) is 0 Å². The minimum atomic E-state index is -0.0152. The van der Waals surface area contributed by atoms with Gasteiger partial charge in [-0.25, -0.2) is 9.97 Å². The van der Waals surface area contributed by atoms with E-state index in [2.05, 4.69) is 19.8 Å². The summed E-state index contributed by atoms with van der Waals surface area (Å²) in [6.07, 6.45) is 4.96. The molecule has 1 aromatic rings. The Morgan fingerprint density at radius 3 is 2.36 bits per heavy atom. The second-order valence-electron chi connectivity index (χ2n) is 5.69. The van der Waals surface area contributed by atoms with Crippen molar-refractivity contribution in [2.45, 2.75) is 19.3 Å². The van der Waals surface area contributed by atoms with Crippen LogP contribution in [-0.2, 0) is 9.59 Å². The molecule has 0 N–H and O–H groups in total. The van der Waals surface area contributed by atoms with E-state index in [-0.39, 0.29) is 11.8 Å². The van der Waals surface area contributed by atoms with Gasteiger partial charge < -0.3 is 4.90 Å². The molecule has 0 unspecified atom stereocenters. The van der Waals surface area contributed by atoms with Gasteiger partial charge in [-0.15, -0.1) is 0 Å². The lowest BCUT2D eigenvalue weighted by Gasteiger charge is -2.35. The molecule has 118 valence electrons. The van der Waals surface area contributed by atoms with E-state index in [1.807, 2.05) is 6.07 Å². The number of amides is 2. The van der Waals surface area contributed by atoms with Gasteiger partial charge in [0.2, 0.25) is 11.8 Å². The van der Waals surface area contributed by atoms with Gasteiger partial charge in [0, 0.05) is 51.8 Å². The van der Waals surface area contributed by atoms with E-state index in [0.29, 0.717) is 19.4 Å². The second kappa shape index (κ2) is 6.83. The number of imide groups is 1. The van der Waals surface area contributed by atoms with Crippen molar-refractivity contribution in [3.05, 3.63) is 18.6 Å². The average Bonchev–Trinajstić information content (AvgIpc) is 2.88. The predicted octanol–water partition coefficient (Wildman–Crippen LogP) is 0.138. The molecule has 2 aliphatic rings. The number of hydrogen-bond acceptors (Lipinski definition) is 6. The van der Waals surface area contributed by atoms with Crippen molar-refractivity contribution >= 4 is 17.6 Å². The lowest BCUT2D eigenvalue weighted by atomic mass is 10.2. The second-order valence-corrected chi connectivity index (χ2v) is 5.69. The van der Waals surface area contributed by atoms with E-state index >= 15 is 0 Å². The molecule has 1 aromatic heterocycles. The summed E-state index contributed by atoms with van der Waals surface area (Å²) in [6, 6.07) is 1.93. The third-order valence-corrected chi connectivity index (χ3v) is 4.27. The fraction of sp³-hybridized carbons (Fsp3) is 0.600. The van der Waals surface area contributed by atoms with E-state index in [9.17, 15) is 9.59 Å². The molecule has 0 aromatic carbocycles. The van der Waals surface area contributed by atoms with E-state index in [1.165, 1.54) is 4.90 Å². The molecule has 2 aliphatic heterocycles. The molecular weight excluding hydrogens is 282 g/mol. The molecule has 0 aliphatic carbocycles. The van der Waals surface area contributed by atoms with Crippen molar-refractivity contribution in [1.29, 1.82) is 0 Å². The Balaban J connectivity index is 1.39. The smallest absolute Gasteiger partial charge is 0.229 e. The fourth-order valence-electron chi connectivity index (χ4n) is 3.00. The number of aromatic nitrogens is 2. The highest BCUT2D eigenvalue weighted by Gasteiger charge is 2.28. The Kier molecular flexibility index (Phi) is 4.62. The minimum Gasteiger partial charge on any atom is -0.354 e. The standard InChI is InChI=1S/C15H21N5O2/c21-14-2-3-15(22)20(14)7-1-6-18-8-10-19(11-9-18)13-4-5-16-12-17-13/h4-5,12H,1-3,6-11H2. The highest BCUT2D eigenvalue weighted by Crippen LogP contribution is 2.14. The van der Waals surface area contributed by atoms with Crippen molar-refractivity contribution in [3.8, 4) is 0 Å². The molecule has 0 bridgehead atoms. The Labute approximate surface area is 129 Å². The molecular formula is C15H21N5O2. The lowest BCUT2D eigenvalue weighted by molar-refractivity contribution is -0.138. The summed E-state index contributed by atoms with van der Waals surface area (Å²) in [6.45, 7) is 5.33. The van der Waals surface area contributed by atoms with E-state index in [0.717, 1.165) is 45.0 Å². The van der Waals surface area contributed by atoms with Crippen LogP contribution in [0, 0.1) is 0 Å². The lowest BCUT2D eigenvalue weighted by Crippen LogP contribution is -2.47. The number of anilines is 1. The molecule has 3 heterocycles. The molecule has 0 atom stereocenters. The van der Waals surface area contributed by atoms with E-state index in [1.54, 1.807) is 12.5 Å². The third-order valence-electron chi connectivity index (χ3n) is 4.27. The SMILES string of the molecule is O=C1CCC(=O)N1CCCN1CCN(c2ccncn2)CC1. The first-order valence-electron chi connectivity index (χ1n) is 7.80. The number of rotatable bonds is 5. The van der Waals surface area contributed by atoms with Crippen LogP contribution in [0.1, 0.15) is 19.3 Å². The summed E-state index contributed by atoms with van der Waals surface area (Å²) < 4.78 is 0. The number of carbonyl (C=O) groups is 2. The van der Waals surface area contributed by atoms with Crippen LogP contribution in [-0.4, -0.2) is 70.9 Å². The van der Waals surface area contributed by atoms with Gasteiger partial charge in [-0.05, 0) is 19.0 Å². The van der Waals surface area contributed by atoms with Crippen molar-refractivity contribution in [2.24, 2.45) is 0 Å². The van der Waals surface area contributed by atoms with Gasteiger partial charge in [0.25, 0.3) is 0 Å². The normalized spacial score (nSPS) is 20.0. The first kappa shape index (κ1) is 14.9. The Morgan fingerprint density at radius 1 is 1.00 bits per heavy atom. The van der Waals surface area contributed by atoms with Gasteiger partial charge in [-0.2, -0.15) is 0 Å². The zero-order valence-electron chi connectivity index (χ0n) is 12.6. The van der Waals surface area contributed by atoms with E-state index in [4.69, 9.17) is 0 Å². The van der Waals surface area contributed by atoms with Crippen LogP contribution >= 0.6 is 0 Å². The molecule has 0 saturated carbocycles. The van der Waals surface area contributed by atoms with Crippen molar-refractivity contribution in [1.82, 2.24) is 19.8 Å². The Bertz CT molecular complexity index is 512. The van der Waals surface area contributed by atoms with Crippen LogP contribution in [0.5, 0.6) is 0 Å². The Hall–Kier alpha value is -2.02. The molecule has 2 saturated heterocycles. The quantitative estimate of drug-likeness (QED) is 0.721. The molecule has 0 spiro atoms. The van der Waals surface area contributed by atoms with Crippen LogP contribution < -0.4 is 4.90 Å². The van der Waals surface area contributed by atoms with Crippen LogP contribution in [0.25, 0.3) is 0 Å². The molecule has 2 fully saturated rings. The Morgan fingerprint density at radius 2 is 1.73 bits per heavy atom. The highest BCUT2D eigenvalue weighted by atomic mass is 16.2. The number of nitrogens with zero attached hydrogens (tertiary/aromatic N) is 5. The van der Waals surface area contributed by atoms with Crippen molar-refractivity contribution in [2.75, 3.05) is 44.2 Å². The van der Waals surface area contributed by atoms with Crippen molar-refractivity contribution in [3.63, 3.8) is 0 Å². The van der Waals surface area contributed by atoms with E-state index < -0.39 is 0 Å². The van der Waals surface area contributed by atoms with Gasteiger partial charge >= 0.3 is 0 Å². The van der Waals surface area contributed by atoms with Crippen molar-refractivity contribution < 1.29 is 9.59 Å². The first-order chi connectivity index (χ1) is 10.7. The number of hydrogen-bond donors (Lipinski definition) is 0. The zero-order chi connectivity index (χ0) is 15.4. The summed E-state index contributed by atoms with van der Waals surface area (Å²) in [5.41, 5.74) is 0. The van der Waals surface area contributed by atoms with Gasteiger partial charge in [0.1, 0.15) is 12.1 Å². The molecule has 0 radical (unpaired) electrons. The van der Waals surface area contributed by atoms with Crippen LogP contribution in [0.15, 0.2) is 18.6 Å². The zero-order valence-corrected chi connectivity index (χ0v) is 12.6. The molecule has 7 nitrogen and oxygen atoms in total. The van der Waals surface area contributed by atoms with Gasteiger partial charge in [-0.1, -0.05) is 0 Å². The topological polar surface area (TPSA) is 69.6 Å². The largest absolute Gasteiger partial charge is 0.354 e. The molecule has 3 rings (SSSR count). The summed E-state index contributed by atoms with van der Waals surface area (Å²) in [4.78, 5) is 37.3. The fourth-order valence-corrected chi connectivity index (χ4v) is 3.00. The third kappa shape index (κ3) is 3.41. The number of carbonyl (C=O) groups excluding carboxylic acids is 2. The van der Waals surface area contributed by atoms with Crippen LogP contribution in [0.3, 0.4) is 0 Å².